The highest BCUT2D eigenvalue weighted by molar-refractivity contribution is 5.80. The maximum absolute atomic E-state index is 10.9. The van der Waals surface area contributed by atoms with E-state index in [1.165, 1.54) is 13.3 Å². The van der Waals surface area contributed by atoms with Crippen LogP contribution in [0.3, 0.4) is 0 Å². The Bertz CT molecular complexity index is 459. The van der Waals surface area contributed by atoms with Gasteiger partial charge in [0.1, 0.15) is 0 Å². The molecule has 0 unspecified atom stereocenters. The number of esters is 1. The minimum atomic E-state index is -0.219. The van der Waals surface area contributed by atoms with E-state index in [4.69, 9.17) is 14.7 Å². The van der Waals surface area contributed by atoms with Gasteiger partial charge in [0, 0.05) is 12.0 Å². The summed E-state index contributed by atoms with van der Waals surface area (Å²) in [5.41, 5.74) is 0.706. The molecule has 0 atom stereocenters. The first-order chi connectivity index (χ1) is 9.71. The Hall–Kier alpha value is -2.24. The van der Waals surface area contributed by atoms with Crippen LogP contribution in [0.5, 0.6) is 11.5 Å². The van der Waals surface area contributed by atoms with Gasteiger partial charge in [-0.25, -0.2) is 0 Å². The molecule has 110 valence electrons. The van der Waals surface area contributed by atoms with Crippen LogP contribution >= 0.6 is 0 Å². The van der Waals surface area contributed by atoms with E-state index in [0.717, 1.165) is 6.42 Å². The average Bonchev–Trinajstić information content (AvgIpc) is 2.47. The summed E-state index contributed by atoms with van der Waals surface area (Å²) in [7, 11) is 2.93. The molecule has 0 heterocycles. The first-order valence-corrected chi connectivity index (χ1v) is 6.26. The van der Waals surface area contributed by atoms with E-state index in [0.29, 0.717) is 36.5 Å². The van der Waals surface area contributed by atoms with Gasteiger partial charge in [-0.1, -0.05) is 5.16 Å². The van der Waals surface area contributed by atoms with Crippen molar-refractivity contribution in [2.45, 2.75) is 19.3 Å². The van der Waals surface area contributed by atoms with Crippen LogP contribution < -0.4 is 9.47 Å². The molecule has 6 nitrogen and oxygen atoms in total. The highest BCUT2D eigenvalue weighted by Gasteiger charge is 2.06. The number of benzene rings is 1. The molecule has 0 spiro atoms. The molecule has 1 N–H and O–H groups in total. The fourth-order valence-electron chi connectivity index (χ4n) is 1.61. The molecule has 0 fully saturated rings. The Morgan fingerprint density at radius 1 is 1.30 bits per heavy atom. The predicted molar refractivity (Wildman–Crippen MR) is 73.7 cm³/mol. The summed E-state index contributed by atoms with van der Waals surface area (Å²) in [5.74, 6) is 0.958. The predicted octanol–water partition coefficient (Wildman–Crippen LogP) is 2.23. The summed E-state index contributed by atoms with van der Waals surface area (Å²) < 4.78 is 15.4. The van der Waals surface area contributed by atoms with Crippen molar-refractivity contribution < 1.29 is 24.2 Å². The van der Waals surface area contributed by atoms with Crippen molar-refractivity contribution >= 4 is 12.2 Å². The number of nitrogens with zero attached hydrogens (tertiary/aromatic N) is 1. The Balaban J connectivity index is 2.49. The number of oxime groups is 1. The molecule has 0 aliphatic heterocycles. The third-order valence-electron chi connectivity index (χ3n) is 2.65. The Morgan fingerprint density at radius 2 is 2.10 bits per heavy atom. The van der Waals surface area contributed by atoms with Crippen molar-refractivity contribution in [3.05, 3.63) is 23.8 Å². The van der Waals surface area contributed by atoms with E-state index >= 15 is 0 Å². The van der Waals surface area contributed by atoms with Crippen LogP contribution in [0.25, 0.3) is 0 Å². The van der Waals surface area contributed by atoms with Crippen LogP contribution in [0, 0.1) is 0 Å². The molecule has 0 saturated carbocycles. The third-order valence-corrected chi connectivity index (χ3v) is 2.65. The van der Waals surface area contributed by atoms with Crippen molar-refractivity contribution in [2.24, 2.45) is 5.16 Å². The van der Waals surface area contributed by atoms with Crippen LogP contribution in [-0.2, 0) is 9.53 Å². The van der Waals surface area contributed by atoms with Gasteiger partial charge in [-0.2, -0.15) is 0 Å². The average molecular weight is 281 g/mol. The quantitative estimate of drug-likeness (QED) is 0.260. The highest BCUT2D eigenvalue weighted by atomic mass is 16.5. The molecular formula is C14H19NO5. The van der Waals surface area contributed by atoms with Crippen molar-refractivity contribution in [1.29, 1.82) is 0 Å². The maximum Gasteiger partial charge on any atom is 0.305 e. The summed E-state index contributed by atoms with van der Waals surface area (Å²) >= 11 is 0. The van der Waals surface area contributed by atoms with Crippen LogP contribution in [0.2, 0.25) is 0 Å². The minimum Gasteiger partial charge on any atom is -0.493 e. The van der Waals surface area contributed by atoms with Gasteiger partial charge in [-0.15, -0.1) is 0 Å². The van der Waals surface area contributed by atoms with E-state index in [2.05, 4.69) is 9.89 Å². The molecule has 1 aromatic carbocycles. The van der Waals surface area contributed by atoms with Crippen LogP contribution in [0.1, 0.15) is 24.8 Å². The lowest BCUT2D eigenvalue weighted by atomic mass is 10.2. The molecule has 0 aliphatic carbocycles. The van der Waals surface area contributed by atoms with Crippen LogP contribution in [0.15, 0.2) is 23.4 Å². The Kier molecular flexibility index (Phi) is 6.95. The second-order valence-electron chi connectivity index (χ2n) is 4.04. The molecule has 0 aromatic heterocycles. The summed E-state index contributed by atoms with van der Waals surface area (Å²) in [4.78, 5) is 10.9. The number of ether oxygens (including phenoxy) is 3. The highest BCUT2D eigenvalue weighted by Crippen LogP contribution is 2.27. The standard InChI is InChI=1S/C14H19NO5/c1-18-12-7-6-11(10-15-17)9-13(12)20-8-4-3-5-14(16)19-2/h6-7,9-10,17H,3-5,8H2,1-2H3/b15-10+. The number of rotatable bonds is 8. The lowest BCUT2D eigenvalue weighted by molar-refractivity contribution is -0.140. The van der Waals surface area contributed by atoms with Gasteiger partial charge in [0.25, 0.3) is 0 Å². The zero-order valence-corrected chi connectivity index (χ0v) is 11.7. The van der Waals surface area contributed by atoms with Crippen LogP contribution in [-0.4, -0.2) is 38.2 Å². The number of hydrogen-bond donors (Lipinski definition) is 1. The number of carbonyl (C=O) groups excluding carboxylic acids is 1. The van der Waals surface area contributed by atoms with Crippen molar-refractivity contribution in [2.75, 3.05) is 20.8 Å². The van der Waals surface area contributed by atoms with E-state index < -0.39 is 0 Å². The molecule has 0 aliphatic rings. The largest absolute Gasteiger partial charge is 0.493 e. The SMILES string of the molecule is COC(=O)CCCCOc1cc(/C=N/O)ccc1OC. The van der Waals surface area contributed by atoms with Gasteiger partial charge >= 0.3 is 5.97 Å². The summed E-state index contributed by atoms with van der Waals surface area (Å²) in [6.45, 7) is 0.465. The van der Waals surface area contributed by atoms with Gasteiger partial charge in [0.2, 0.25) is 0 Å². The molecule has 1 aromatic rings. The number of methoxy groups -OCH3 is 2. The first kappa shape index (κ1) is 15.8. The van der Waals surface area contributed by atoms with Gasteiger partial charge in [-0.3, -0.25) is 4.79 Å². The van der Waals surface area contributed by atoms with Crippen molar-refractivity contribution in [3.63, 3.8) is 0 Å². The van der Waals surface area contributed by atoms with Gasteiger partial charge in [0.05, 0.1) is 27.0 Å². The molecule has 20 heavy (non-hydrogen) atoms. The summed E-state index contributed by atoms with van der Waals surface area (Å²) in [5, 5.41) is 11.5. The fourth-order valence-corrected chi connectivity index (χ4v) is 1.61. The van der Waals surface area contributed by atoms with Gasteiger partial charge in [-0.05, 0) is 31.0 Å². The fraction of sp³-hybridized carbons (Fsp3) is 0.429. The second-order valence-corrected chi connectivity index (χ2v) is 4.04. The second kappa shape index (κ2) is 8.79. The molecule has 6 heteroatoms. The monoisotopic (exact) mass is 281 g/mol. The minimum absolute atomic E-state index is 0.219. The molecule has 0 amide bonds. The molecule has 0 radical (unpaired) electrons. The molecule has 0 saturated heterocycles. The lowest BCUT2D eigenvalue weighted by Gasteiger charge is -2.11. The number of hydrogen-bond acceptors (Lipinski definition) is 6. The summed E-state index contributed by atoms with van der Waals surface area (Å²) in [6.07, 6.45) is 3.13. The van der Waals surface area contributed by atoms with E-state index in [1.807, 2.05) is 0 Å². The van der Waals surface area contributed by atoms with E-state index in [1.54, 1.807) is 25.3 Å². The van der Waals surface area contributed by atoms with Crippen LogP contribution in [0.4, 0.5) is 0 Å². The molecule has 1 rings (SSSR count). The smallest absolute Gasteiger partial charge is 0.305 e. The Labute approximate surface area is 117 Å². The zero-order chi connectivity index (χ0) is 14.8. The van der Waals surface area contributed by atoms with E-state index in [9.17, 15) is 4.79 Å². The third kappa shape index (κ3) is 5.17. The lowest BCUT2D eigenvalue weighted by Crippen LogP contribution is -2.03. The normalized spacial score (nSPS) is 10.5. The molecule has 0 bridgehead atoms. The topological polar surface area (TPSA) is 77.4 Å². The van der Waals surface area contributed by atoms with Crippen molar-refractivity contribution in [3.8, 4) is 11.5 Å². The van der Waals surface area contributed by atoms with Crippen molar-refractivity contribution in [1.82, 2.24) is 0 Å². The first-order valence-electron chi connectivity index (χ1n) is 6.26. The maximum atomic E-state index is 10.9. The summed E-state index contributed by atoms with van der Waals surface area (Å²) in [6, 6.07) is 5.21. The number of carbonyl (C=O) groups is 1. The number of unbranched alkanes of at least 4 members (excludes halogenated alkanes) is 1. The Morgan fingerprint density at radius 3 is 2.75 bits per heavy atom. The van der Waals surface area contributed by atoms with Gasteiger partial charge in [0.15, 0.2) is 11.5 Å². The zero-order valence-electron chi connectivity index (χ0n) is 11.7. The van der Waals surface area contributed by atoms with E-state index in [-0.39, 0.29) is 5.97 Å². The van der Waals surface area contributed by atoms with Gasteiger partial charge < -0.3 is 19.4 Å². The molecular weight excluding hydrogens is 262 g/mol.